The fourth-order valence-corrected chi connectivity index (χ4v) is 7.46. The third-order valence-corrected chi connectivity index (χ3v) is 9.65. The van der Waals surface area contributed by atoms with Crippen LogP contribution < -0.4 is 4.74 Å². The summed E-state index contributed by atoms with van der Waals surface area (Å²) in [6, 6.07) is 37.8. The second kappa shape index (κ2) is 9.02. The van der Waals surface area contributed by atoms with E-state index in [2.05, 4.69) is 102 Å². The summed E-state index contributed by atoms with van der Waals surface area (Å²) in [6.45, 7) is 4.58. The molecule has 9 aromatic rings. The van der Waals surface area contributed by atoms with E-state index in [0.717, 1.165) is 61.5 Å². The van der Waals surface area contributed by atoms with Crippen molar-refractivity contribution in [1.29, 1.82) is 0 Å². The van der Waals surface area contributed by atoms with Gasteiger partial charge in [-0.15, -0.1) is 0 Å². The van der Waals surface area contributed by atoms with Crippen molar-refractivity contribution in [3.05, 3.63) is 139 Å². The minimum absolute atomic E-state index is 0.157. The number of ether oxygens (including phenoxy) is 1. The Balaban J connectivity index is 1.16. The number of imidazole rings is 1. The van der Waals surface area contributed by atoms with E-state index >= 15 is 0 Å². The van der Waals surface area contributed by atoms with Gasteiger partial charge >= 0.3 is 0 Å². The van der Waals surface area contributed by atoms with E-state index in [4.69, 9.17) is 19.7 Å². The van der Waals surface area contributed by atoms with Gasteiger partial charge in [-0.1, -0.05) is 68.4 Å². The van der Waals surface area contributed by atoms with Gasteiger partial charge in [0.05, 0.1) is 27.8 Å². The molecule has 0 saturated heterocycles. The van der Waals surface area contributed by atoms with Crippen molar-refractivity contribution in [3.8, 4) is 28.6 Å². The zero-order chi connectivity index (χ0) is 30.6. The summed E-state index contributed by atoms with van der Waals surface area (Å²) >= 11 is 0. The van der Waals surface area contributed by atoms with E-state index in [-0.39, 0.29) is 5.41 Å². The summed E-state index contributed by atoms with van der Waals surface area (Å²) in [5, 5.41) is 4.43. The average molecular weight is 594 g/mol. The van der Waals surface area contributed by atoms with Crippen molar-refractivity contribution in [2.45, 2.75) is 19.3 Å². The third-order valence-electron chi connectivity index (χ3n) is 9.65. The summed E-state index contributed by atoms with van der Waals surface area (Å²) < 4.78 is 11.1. The van der Waals surface area contributed by atoms with E-state index < -0.39 is 0 Å². The lowest BCUT2D eigenvalue weighted by atomic mass is 9.76. The molecule has 0 fully saturated rings. The Labute approximate surface area is 264 Å². The number of para-hydroxylation sites is 1. The third kappa shape index (κ3) is 3.38. The zero-order valence-electron chi connectivity index (χ0n) is 25.3. The number of hydrogen-bond donors (Lipinski definition) is 0. The van der Waals surface area contributed by atoms with Crippen LogP contribution in [0, 0.1) is 0 Å². The SMILES string of the molecule is CC1(C)c2cccnc2-n2c3cc(Oc4ccc5c(c4)c4nc(-c6ccccc6)cn4c4cccnc54)ccc3c3cccc1c32. The Kier molecular flexibility index (Phi) is 4.97. The van der Waals surface area contributed by atoms with Crippen LogP contribution in [0.25, 0.3) is 66.3 Å². The highest BCUT2D eigenvalue weighted by Gasteiger charge is 2.35. The molecule has 0 amide bonds. The maximum atomic E-state index is 6.63. The fourth-order valence-electron chi connectivity index (χ4n) is 7.46. The highest BCUT2D eigenvalue weighted by molar-refractivity contribution is 6.12. The molecule has 6 nitrogen and oxygen atoms in total. The Bertz CT molecular complexity index is 2700. The second-order valence-corrected chi connectivity index (χ2v) is 12.6. The maximum absolute atomic E-state index is 6.63. The number of rotatable bonds is 3. The van der Waals surface area contributed by atoms with Crippen molar-refractivity contribution in [2.24, 2.45) is 0 Å². The van der Waals surface area contributed by atoms with Crippen LogP contribution in [-0.4, -0.2) is 23.9 Å². The van der Waals surface area contributed by atoms with Gasteiger partial charge in [0, 0.05) is 62.7 Å². The lowest BCUT2D eigenvalue weighted by Crippen LogP contribution is -2.26. The summed E-state index contributed by atoms with van der Waals surface area (Å²) in [5.41, 5.74) is 9.46. The predicted octanol–water partition coefficient (Wildman–Crippen LogP) is 9.63. The molecule has 5 aromatic heterocycles. The first-order chi connectivity index (χ1) is 22.6. The Morgan fingerprint density at radius 3 is 2.30 bits per heavy atom. The molecule has 0 N–H and O–H groups in total. The van der Waals surface area contributed by atoms with E-state index in [1.165, 1.54) is 27.4 Å². The van der Waals surface area contributed by atoms with Crippen LogP contribution in [0.3, 0.4) is 0 Å². The Morgan fingerprint density at radius 1 is 0.630 bits per heavy atom. The monoisotopic (exact) mass is 593 g/mol. The van der Waals surface area contributed by atoms with Crippen LogP contribution in [0.5, 0.6) is 11.5 Å². The minimum atomic E-state index is -0.157. The van der Waals surface area contributed by atoms with Crippen molar-refractivity contribution < 1.29 is 4.74 Å². The molecule has 0 saturated carbocycles. The molecule has 0 radical (unpaired) electrons. The van der Waals surface area contributed by atoms with Gasteiger partial charge in [-0.05, 0) is 54.1 Å². The van der Waals surface area contributed by atoms with Gasteiger partial charge in [-0.25, -0.2) is 9.97 Å². The molecule has 1 aliphatic heterocycles. The molecule has 0 atom stereocenters. The minimum Gasteiger partial charge on any atom is -0.457 e. The van der Waals surface area contributed by atoms with Gasteiger partial charge in [-0.3, -0.25) is 14.0 Å². The zero-order valence-corrected chi connectivity index (χ0v) is 25.3. The van der Waals surface area contributed by atoms with Crippen molar-refractivity contribution in [2.75, 3.05) is 0 Å². The predicted molar refractivity (Wildman–Crippen MR) is 184 cm³/mol. The van der Waals surface area contributed by atoms with Crippen LogP contribution in [0.2, 0.25) is 0 Å². The standard InChI is InChI=1S/C40H27N5O/c1-40(2)31-12-6-11-29-27-17-15-26(22-35(27)45(37(29)31)39-32(40)13-7-20-42-39)46-25-16-18-28-30(21-25)38-43-33(24-9-4-3-5-10-24)23-44(38)34-14-8-19-41-36(28)34/h3-23H,1-2H3. The number of aromatic nitrogens is 5. The van der Waals surface area contributed by atoms with Gasteiger partial charge in [0.1, 0.15) is 23.0 Å². The summed E-state index contributed by atoms with van der Waals surface area (Å²) in [7, 11) is 0. The molecule has 6 heterocycles. The molecule has 46 heavy (non-hydrogen) atoms. The van der Waals surface area contributed by atoms with Crippen LogP contribution in [-0.2, 0) is 5.41 Å². The number of nitrogens with zero attached hydrogens (tertiary/aromatic N) is 5. The van der Waals surface area contributed by atoms with Crippen molar-refractivity contribution >= 4 is 49.3 Å². The molecule has 0 aliphatic carbocycles. The van der Waals surface area contributed by atoms with Crippen LogP contribution in [0.15, 0.2) is 128 Å². The summed E-state index contributed by atoms with van der Waals surface area (Å²) in [4.78, 5) is 14.8. The first kappa shape index (κ1) is 25.3. The number of fused-ring (bicyclic) bond motifs is 11. The van der Waals surface area contributed by atoms with Crippen LogP contribution >= 0.6 is 0 Å². The normalized spacial score (nSPS) is 13.6. The largest absolute Gasteiger partial charge is 0.457 e. The highest BCUT2D eigenvalue weighted by atomic mass is 16.5. The topological polar surface area (TPSA) is 57.2 Å². The van der Waals surface area contributed by atoms with E-state index in [0.29, 0.717) is 0 Å². The molecule has 6 heteroatoms. The number of benzene rings is 4. The quantitative estimate of drug-likeness (QED) is 0.191. The molecule has 0 bridgehead atoms. The van der Waals surface area contributed by atoms with Gasteiger partial charge in [0.15, 0.2) is 0 Å². The Hall–Kier alpha value is -6.01. The second-order valence-electron chi connectivity index (χ2n) is 12.6. The van der Waals surface area contributed by atoms with Crippen molar-refractivity contribution in [1.82, 2.24) is 23.9 Å². The van der Waals surface area contributed by atoms with Crippen molar-refractivity contribution in [3.63, 3.8) is 0 Å². The fraction of sp³-hybridized carbons (Fsp3) is 0.0750. The van der Waals surface area contributed by atoms with Crippen LogP contribution in [0.4, 0.5) is 0 Å². The first-order valence-corrected chi connectivity index (χ1v) is 15.5. The highest BCUT2D eigenvalue weighted by Crippen LogP contribution is 2.47. The summed E-state index contributed by atoms with van der Waals surface area (Å²) in [5.74, 6) is 2.48. The Morgan fingerprint density at radius 2 is 1.41 bits per heavy atom. The van der Waals surface area contributed by atoms with Gasteiger partial charge in [0.25, 0.3) is 0 Å². The van der Waals surface area contributed by atoms with Crippen LogP contribution in [0.1, 0.15) is 25.0 Å². The number of hydrogen-bond acceptors (Lipinski definition) is 4. The van der Waals surface area contributed by atoms with Gasteiger partial charge in [0.2, 0.25) is 0 Å². The lowest BCUT2D eigenvalue weighted by molar-refractivity contribution is 0.484. The molecular weight excluding hydrogens is 566 g/mol. The molecule has 218 valence electrons. The molecule has 4 aromatic carbocycles. The molecule has 10 rings (SSSR count). The van der Waals surface area contributed by atoms with E-state index in [1.54, 1.807) is 0 Å². The van der Waals surface area contributed by atoms with E-state index in [9.17, 15) is 0 Å². The van der Waals surface area contributed by atoms with Gasteiger partial charge in [-0.2, -0.15) is 0 Å². The maximum Gasteiger partial charge on any atom is 0.146 e. The molecule has 0 spiro atoms. The lowest BCUT2D eigenvalue weighted by Gasteiger charge is -2.33. The molecule has 1 aliphatic rings. The van der Waals surface area contributed by atoms with Gasteiger partial charge < -0.3 is 4.74 Å². The molecular formula is C40H27N5O. The first-order valence-electron chi connectivity index (χ1n) is 15.5. The average Bonchev–Trinajstić information content (AvgIpc) is 3.69. The smallest absolute Gasteiger partial charge is 0.146 e. The number of pyridine rings is 3. The van der Waals surface area contributed by atoms with E-state index in [1.807, 2.05) is 48.8 Å². The molecule has 0 unspecified atom stereocenters. The summed E-state index contributed by atoms with van der Waals surface area (Å²) in [6.07, 6.45) is 5.82.